The van der Waals surface area contributed by atoms with Crippen molar-refractivity contribution >= 4 is 27.5 Å². The predicted octanol–water partition coefficient (Wildman–Crippen LogP) is 3.88. The zero-order valence-corrected chi connectivity index (χ0v) is 15.6. The van der Waals surface area contributed by atoms with Crippen molar-refractivity contribution in [3.8, 4) is 0 Å². The molecule has 0 saturated carbocycles. The van der Waals surface area contributed by atoms with Gasteiger partial charge < -0.3 is 4.90 Å². The summed E-state index contributed by atoms with van der Waals surface area (Å²) in [6.07, 6.45) is 7.34. The maximum Gasteiger partial charge on any atom is 0.236 e. The molecule has 2 fully saturated rings. The number of carbonyl (C=O) groups excluding carboxylic acids is 1. The molecule has 5 heteroatoms. The number of fused-ring (bicyclic) bond motifs is 1. The average Bonchev–Trinajstić information content (AvgIpc) is 2.92. The van der Waals surface area contributed by atoms with E-state index >= 15 is 0 Å². The van der Waals surface area contributed by atoms with E-state index in [0.717, 1.165) is 44.5 Å². The highest BCUT2D eigenvalue weighted by molar-refractivity contribution is 7.18. The number of aromatic nitrogens is 1. The van der Waals surface area contributed by atoms with Crippen LogP contribution in [-0.4, -0.2) is 53.4 Å². The standard InChI is InChI=1S/C20H27N3OS/c24-19(15-22-11-5-1-2-6-12-22)23-13-7-8-16(14-23)20-21-17-9-3-4-10-18(17)25-20/h3-4,9-10,16H,1-2,5-8,11-15H2/t16-/m1/s1. The number of benzene rings is 1. The van der Waals surface area contributed by atoms with Crippen molar-refractivity contribution in [2.45, 2.75) is 44.4 Å². The molecular formula is C20H27N3OS. The topological polar surface area (TPSA) is 36.4 Å². The van der Waals surface area contributed by atoms with Gasteiger partial charge in [-0.3, -0.25) is 9.69 Å². The van der Waals surface area contributed by atoms with Crippen LogP contribution in [-0.2, 0) is 4.79 Å². The molecule has 1 atom stereocenters. The smallest absolute Gasteiger partial charge is 0.236 e. The minimum atomic E-state index is 0.313. The first-order valence-electron chi connectivity index (χ1n) is 9.65. The van der Waals surface area contributed by atoms with Gasteiger partial charge in [0.25, 0.3) is 0 Å². The third kappa shape index (κ3) is 4.04. The van der Waals surface area contributed by atoms with Crippen LogP contribution in [0, 0.1) is 0 Å². The first kappa shape index (κ1) is 17.0. The number of thiazole rings is 1. The van der Waals surface area contributed by atoms with Gasteiger partial charge in [-0.15, -0.1) is 11.3 Å². The highest BCUT2D eigenvalue weighted by atomic mass is 32.1. The van der Waals surface area contributed by atoms with Crippen LogP contribution in [0.3, 0.4) is 0 Å². The van der Waals surface area contributed by atoms with Gasteiger partial charge in [0.1, 0.15) is 0 Å². The highest BCUT2D eigenvalue weighted by Crippen LogP contribution is 2.33. The fourth-order valence-electron chi connectivity index (χ4n) is 4.06. The van der Waals surface area contributed by atoms with E-state index in [1.807, 2.05) is 6.07 Å². The SMILES string of the molecule is O=C(CN1CCCCCC1)N1CCC[C@@H](c2nc3ccccc3s2)C1. The Morgan fingerprint density at radius 1 is 1.08 bits per heavy atom. The zero-order valence-electron chi connectivity index (χ0n) is 14.8. The third-order valence-corrected chi connectivity index (χ3v) is 6.69. The van der Waals surface area contributed by atoms with Gasteiger partial charge in [-0.05, 0) is 50.9 Å². The maximum absolute atomic E-state index is 12.8. The Morgan fingerprint density at radius 3 is 2.68 bits per heavy atom. The Balaban J connectivity index is 1.40. The Hall–Kier alpha value is -1.46. The van der Waals surface area contributed by atoms with E-state index in [2.05, 4.69) is 28.0 Å². The molecule has 0 spiro atoms. The molecule has 0 aliphatic carbocycles. The lowest BCUT2D eigenvalue weighted by Gasteiger charge is -2.33. The van der Waals surface area contributed by atoms with Crippen LogP contribution in [0.4, 0.5) is 0 Å². The van der Waals surface area contributed by atoms with Crippen molar-refractivity contribution in [3.63, 3.8) is 0 Å². The lowest BCUT2D eigenvalue weighted by molar-refractivity contribution is -0.133. The molecule has 2 aliphatic rings. The summed E-state index contributed by atoms with van der Waals surface area (Å²) in [5.74, 6) is 0.715. The van der Waals surface area contributed by atoms with E-state index < -0.39 is 0 Å². The van der Waals surface area contributed by atoms with E-state index in [1.54, 1.807) is 11.3 Å². The second-order valence-electron chi connectivity index (χ2n) is 7.39. The highest BCUT2D eigenvalue weighted by Gasteiger charge is 2.27. The summed E-state index contributed by atoms with van der Waals surface area (Å²) in [5.41, 5.74) is 1.09. The van der Waals surface area contributed by atoms with Crippen LogP contribution in [0.25, 0.3) is 10.2 Å². The number of likely N-dealkylation sites (tertiary alicyclic amines) is 2. The first-order chi connectivity index (χ1) is 12.3. The van der Waals surface area contributed by atoms with Gasteiger partial charge in [0.05, 0.1) is 21.8 Å². The molecule has 3 heterocycles. The quantitative estimate of drug-likeness (QED) is 0.836. The van der Waals surface area contributed by atoms with Crippen molar-refractivity contribution in [2.75, 3.05) is 32.7 Å². The van der Waals surface area contributed by atoms with Gasteiger partial charge >= 0.3 is 0 Å². The van der Waals surface area contributed by atoms with E-state index in [1.165, 1.54) is 35.4 Å². The van der Waals surface area contributed by atoms with Gasteiger partial charge in [0.2, 0.25) is 5.91 Å². The fraction of sp³-hybridized carbons (Fsp3) is 0.600. The van der Waals surface area contributed by atoms with E-state index in [4.69, 9.17) is 4.98 Å². The number of rotatable bonds is 3. The van der Waals surface area contributed by atoms with Crippen LogP contribution in [0.15, 0.2) is 24.3 Å². The molecule has 25 heavy (non-hydrogen) atoms. The maximum atomic E-state index is 12.8. The Labute approximate surface area is 153 Å². The summed E-state index contributed by atoms with van der Waals surface area (Å²) < 4.78 is 1.26. The molecule has 0 N–H and O–H groups in total. The second kappa shape index (κ2) is 7.83. The minimum Gasteiger partial charge on any atom is -0.341 e. The van der Waals surface area contributed by atoms with Gasteiger partial charge in [0, 0.05) is 19.0 Å². The number of nitrogens with zero attached hydrogens (tertiary/aromatic N) is 3. The van der Waals surface area contributed by atoms with Gasteiger partial charge in [-0.1, -0.05) is 25.0 Å². The minimum absolute atomic E-state index is 0.313. The molecule has 2 aromatic rings. The summed E-state index contributed by atoms with van der Waals surface area (Å²) in [6.45, 7) is 4.52. The molecule has 1 aromatic carbocycles. The number of piperidine rings is 1. The molecule has 0 bridgehead atoms. The molecule has 2 aliphatic heterocycles. The van der Waals surface area contributed by atoms with Gasteiger partial charge in [-0.2, -0.15) is 0 Å². The molecule has 1 amide bonds. The molecule has 0 unspecified atom stereocenters. The predicted molar refractivity (Wildman–Crippen MR) is 103 cm³/mol. The Kier molecular flexibility index (Phi) is 5.32. The van der Waals surface area contributed by atoms with Gasteiger partial charge in [0.15, 0.2) is 0 Å². The normalized spacial score (nSPS) is 22.9. The Bertz CT molecular complexity index is 688. The summed E-state index contributed by atoms with van der Waals surface area (Å²) in [7, 11) is 0. The summed E-state index contributed by atoms with van der Waals surface area (Å²) in [4.78, 5) is 22.1. The van der Waals surface area contributed by atoms with Crippen molar-refractivity contribution in [1.82, 2.24) is 14.8 Å². The molecule has 0 radical (unpaired) electrons. The van der Waals surface area contributed by atoms with E-state index in [-0.39, 0.29) is 0 Å². The molecular weight excluding hydrogens is 330 g/mol. The third-order valence-electron chi connectivity index (χ3n) is 5.49. The van der Waals surface area contributed by atoms with Gasteiger partial charge in [-0.25, -0.2) is 4.98 Å². The second-order valence-corrected chi connectivity index (χ2v) is 8.45. The van der Waals surface area contributed by atoms with Crippen LogP contribution < -0.4 is 0 Å². The lowest BCUT2D eigenvalue weighted by atomic mass is 9.98. The van der Waals surface area contributed by atoms with E-state index in [9.17, 15) is 4.79 Å². The van der Waals surface area contributed by atoms with E-state index in [0.29, 0.717) is 18.4 Å². The molecule has 4 rings (SSSR count). The molecule has 1 aromatic heterocycles. The number of amides is 1. The van der Waals surface area contributed by atoms with Crippen molar-refractivity contribution in [2.24, 2.45) is 0 Å². The zero-order chi connectivity index (χ0) is 17.1. The van der Waals surface area contributed by atoms with Crippen LogP contribution in [0.2, 0.25) is 0 Å². The van der Waals surface area contributed by atoms with Crippen molar-refractivity contribution < 1.29 is 4.79 Å². The fourth-order valence-corrected chi connectivity index (χ4v) is 5.15. The number of carbonyl (C=O) groups is 1. The summed E-state index contributed by atoms with van der Waals surface area (Å²) >= 11 is 1.80. The summed E-state index contributed by atoms with van der Waals surface area (Å²) in [5, 5.41) is 1.20. The summed E-state index contributed by atoms with van der Waals surface area (Å²) in [6, 6.07) is 8.34. The largest absolute Gasteiger partial charge is 0.341 e. The Morgan fingerprint density at radius 2 is 1.88 bits per heavy atom. The van der Waals surface area contributed by atoms with Crippen LogP contribution >= 0.6 is 11.3 Å². The van der Waals surface area contributed by atoms with Crippen LogP contribution in [0.1, 0.15) is 49.5 Å². The number of hydrogen-bond acceptors (Lipinski definition) is 4. The average molecular weight is 358 g/mol. The molecule has 2 saturated heterocycles. The number of para-hydroxylation sites is 1. The monoisotopic (exact) mass is 357 g/mol. The number of hydrogen-bond donors (Lipinski definition) is 0. The first-order valence-corrected chi connectivity index (χ1v) is 10.5. The lowest BCUT2D eigenvalue weighted by Crippen LogP contribution is -2.44. The molecule has 134 valence electrons. The van der Waals surface area contributed by atoms with Crippen molar-refractivity contribution in [1.29, 1.82) is 0 Å². The van der Waals surface area contributed by atoms with Crippen molar-refractivity contribution in [3.05, 3.63) is 29.3 Å². The van der Waals surface area contributed by atoms with Crippen LogP contribution in [0.5, 0.6) is 0 Å². The molecule has 4 nitrogen and oxygen atoms in total.